The summed E-state index contributed by atoms with van der Waals surface area (Å²) in [6.45, 7) is 3.13. The van der Waals surface area contributed by atoms with Crippen molar-refractivity contribution in [1.29, 1.82) is 0 Å². The van der Waals surface area contributed by atoms with Gasteiger partial charge in [-0.1, -0.05) is 70.1 Å². The number of rotatable bonds is 11. The largest absolute Gasteiger partial charge is 0.478 e. The smallest absolute Gasteiger partial charge is 0.337 e. The highest BCUT2D eigenvalue weighted by molar-refractivity contribution is 7.17. The van der Waals surface area contributed by atoms with Crippen molar-refractivity contribution in [2.24, 2.45) is 5.73 Å². The molecule has 0 fully saturated rings. The maximum absolute atomic E-state index is 11.7. The number of aromatic nitrogens is 3. The Bertz CT molecular complexity index is 1210. The molecule has 0 bridgehead atoms. The van der Waals surface area contributed by atoms with Gasteiger partial charge in [0.05, 0.1) is 22.6 Å². The summed E-state index contributed by atoms with van der Waals surface area (Å²) in [5, 5.41) is 12.6. The van der Waals surface area contributed by atoms with Crippen molar-refractivity contribution in [3.63, 3.8) is 0 Å². The molecule has 7 nitrogen and oxygen atoms in total. The lowest BCUT2D eigenvalue weighted by molar-refractivity contribution is 0.0698. The van der Waals surface area contributed by atoms with Crippen LogP contribution in [0.25, 0.3) is 32.7 Å². The van der Waals surface area contributed by atoms with Crippen LogP contribution in [0.4, 0.5) is 5.95 Å². The van der Waals surface area contributed by atoms with Crippen molar-refractivity contribution in [3.8, 4) is 22.6 Å². The fourth-order valence-electron chi connectivity index (χ4n) is 3.95. The summed E-state index contributed by atoms with van der Waals surface area (Å²) in [4.78, 5) is 22.9. The van der Waals surface area contributed by atoms with Gasteiger partial charge in [0.2, 0.25) is 5.95 Å². The number of hydrogen-bond donors (Lipinski definition) is 4. The lowest BCUT2D eigenvalue weighted by atomic mass is 10.1. The van der Waals surface area contributed by atoms with Crippen molar-refractivity contribution in [2.45, 2.75) is 58.3 Å². The van der Waals surface area contributed by atoms with Gasteiger partial charge >= 0.3 is 5.97 Å². The van der Waals surface area contributed by atoms with Gasteiger partial charge in [-0.3, -0.25) is 0 Å². The van der Waals surface area contributed by atoms with E-state index in [4.69, 9.17) is 11.5 Å². The second-order valence-electron chi connectivity index (χ2n) is 8.49. The van der Waals surface area contributed by atoms with Crippen LogP contribution >= 0.6 is 11.3 Å². The average molecular weight is 494 g/mol. The predicted octanol–water partition coefficient (Wildman–Crippen LogP) is 6.72. The van der Waals surface area contributed by atoms with E-state index >= 15 is 0 Å². The second-order valence-corrected chi connectivity index (χ2v) is 9.40. The van der Waals surface area contributed by atoms with Crippen molar-refractivity contribution in [3.05, 3.63) is 53.5 Å². The van der Waals surface area contributed by atoms with Gasteiger partial charge in [-0.2, -0.15) is 0 Å². The molecule has 0 aliphatic carbocycles. The molecule has 4 aromatic rings. The first-order chi connectivity index (χ1) is 17.0. The van der Waals surface area contributed by atoms with Gasteiger partial charge in [0, 0.05) is 27.2 Å². The Balaban J connectivity index is 0.000000266. The van der Waals surface area contributed by atoms with Gasteiger partial charge in [-0.25, -0.2) is 14.8 Å². The molecule has 0 saturated heterocycles. The Kier molecular flexibility index (Phi) is 10.3. The fraction of sp³-hybridized carbons (Fsp3) is 0.370. The molecule has 0 aliphatic rings. The monoisotopic (exact) mass is 493 g/mol. The molecule has 0 unspecified atom stereocenters. The third kappa shape index (κ3) is 7.37. The zero-order valence-corrected chi connectivity index (χ0v) is 21.1. The third-order valence-electron chi connectivity index (χ3n) is 5.81. The van der Waals surface area contributed by atoms with E-state index in [0.29, 0.717) is 17.1 Å². The van der Waals surface area contributed by atoms with Crippen molar-refractivity contribution < 1.29 is 9.90 Å². The first-order valence-electron chi connectivity index (χ1n) is 12.3. The number of nitrogen functional groups attached to an aromatic ring is 1. The number of nitrogens with two attached hydrogens (primary N) is 2. The number of unbranched alkanes of at least 4 members (excludes halogenated alkanes) is 7. The van der Waals surface area contributed by atoms with Crippen LogP contribution in [0.5, 0.6) is 0 Å². The van der Waals surface area contributed by atoms with E-state index in [1.165, 1.54) is 51.4 Å². The van der Waals surface area contributed by atoms with Crippen LogP contribution in [0.15, 0.2) is 48.0 Å². The van der Waals surface area contributed by atoms with Crippen LogP contribution in [-0.4, -0.2) is 32.6 Å². The molecule has 0 amide bonds. The summed E-state index contributed by atoms with van der Waals surface area (Å²) in [6, 6.07) is 11.2. The fourth-order valence-corrected chi connectivity index (χ4v) is 4.90. The molecule has 4 rings (SSSR count). The number of carbonyl (C=O) groups is 1. The molecule has 3 aromatic heterocycles. The molecule has 3 heterocycles. The van der Waals surface area contributed by atoms with Crippen LogP contribution in [0.1, 0.15) is 68.6 Å². The minimum Gasteiger partial charge on any atom is -0.478 e. The minimum absolute atomic E-state index is 0.140. The lowest BCUT2D eigenvalue weighted by Crippen LogP contribution is -1.97. The molecule has 0 atom stereocenters. The van der Waals surface area contributed by atoms with Gasteiger partial charge < -0.3 is 21.6 Å². The van der Waals surface area contributed by atoms with Gasteiger partial charge in [-0.15, -0.1) is 11.3 Å². The quantitative estimate of drug-likeness (QED) is 0.172. The van der Waals surface area contributed by atoms with Gasteiger partial charge in [0.1, 0.15) is 0 Å². The summed E-state index contributed by atoms with van der Waals surface area (Å²) < 4.78 is 1.10. The molecule has 0 radical (unpaired) electrons. The lowest BCUT2D eigenvalue weighted by Gasteiger charge is -2.00. The number of benzene rings is 1. The molecule has 0 saturated carbocycles. The van der Waals surface area contributed by atoms with Crippen LogP contribution in [0, 0.1) is 0 Å². The SMILES string of the molecule is CCCCCCCCCCN.Nc1nccc(-c2cc(C(=O)O)c(-c3csc4ccccc34)[nH]2)n1. The number of anilines is 1. The Hall–Kier alpha value is -3.23. The number of carboxylic acid groups (broad SMARTS) is 1. The molecule has 6 N–H and O–H groups in total. The number of aromatic amines is 1. The zero-order chi connectivity index (χ0) is 25.0. The number of nitrogens with one attached hydrogen (secondary N) is 1. The Morgan fingerprint density at radius 2 is 1.77 bits per heavy atom. The zero-order valence-electron chi connectivity index (χ0n) is 20.3. The number of nitrogens with zero attached hydrogens (tertiary/aromatic N) is 2. The Morgan fingerprint density at radius 1 is 1.06 bits per heavy atom. The van der Waals surface area contributed by atoms with E-state index < -0.39 is 5.97 Å². The topological polar surface area (TPSA) is 131 Å². The minimum atomic E-state index is -0.996. The van der Waals surface area contributed by atoms with Crippen molar-refractivity contribution >= 4 is 33.3 Å². The van der Waals surface area contributed by atoms with Crippen LogP contribution in [0.2, 0.25) is 0 Å². The number of H-pyrrole nitrogens is 1. The molecule has 35 heavy (non-hydrogen) atoms. The molecule has 186 valence electrons. The van der Waals surface area contributed by atoms with Gasteiger partial charge in [-0.05, 0) is 31.2 Å². The van der Waals surface area contributed by atoms with Crippen molar-refractivity contribution in [2.75, 3.05) is 12.3 Å². The number of thiophene rings is 1. The first-order valence-corrected chi connectivity index (χ1v) is 13.1. The summed E-state index contributed by atoms with van der Waals surface area (Å²) in [5.41, 5.74) is 13.8. The molecular formula is C27H35N5O2S. The van der Waals surface area contributed by atoms with E-state index in [1.807, 2.05) is 29.6 Å². The predicted molar refractivity (Wildman–Crippen MR) is 146 cm³/mol. The maximum Gasteiger partial charge on any atom is 0.337 e. The summed E-state index contributed by atoms with van der Waals surface area (Å²) in [7, 11) is 0. The number of aromatic carboxylic acids is 1. The number of fused-ring (bicyclic) bond motifs is 1. The number of carboxylic acids is 1. The van der Waals surface area contributed by atoms with Gasteiger partial charge in [0.15, 0.2) is 0 Å². The maximum atomic E-state index is 11.7. The molecule has 0 aliphatic heterocycles. The van der Waals surface area contributed by atoms with Crippen LogP contribution < -0.4 is 11.5 Å². The van der Waals surface area contributed by atoms with Crippen molar-refractivity contribution in [1.82, 2.24) is 15.0 Å². The normalized spacial score (nSPS) is 10.8. The summed E-state index contributed by atoms with van der Waals surface area (Å²) in [6.07, 6.45) is 12.5. The summed E-state index contributed by atoms with van der Waals surface area (Å²) in [5.74, 6) is -0.855. The number of hydrogen-bond acceptors (Lipinski definition) is 6. The molecule has 1 aromatic carbocycles. The highest BCUT2D eigenvalue weighted by Crippen LogP contribution is 2.36. The standard InChI is InChI=1S/C17H12N4O2S.C10H23N/c18-17-19-6-5-12(21-17)13-7-10(16(22)23)15(20-13)11-8-24-14-4-2-1-3-9(11)14;1-2-3-4-5-6-7-8-9-10-11/h1-8,20H,(H,22,23)(H2,18,19,21);2-11H2,1H3. The second kappa shape index (κ2) is 13.6. The van der Waals surface area contributed by atoms with Crippen LogP contribution in [0.3, 0.4) is 0 Å². The van der Waals surface area contributed by atoms with E-state index in [9.17, 15) is 9.90 Å². The van der Waals surface area contributed by atoms with E-state index in [2.05, 4.69) is 21.9 Å². The molecule has 0 spiro atoms. The molecule has 8 heteroatoms. The van der Waals surface area contributed by atoms with Gasteiger partial charge in [0.25, 0.3) is 0 Å². The van der Waals surface area contributed by atoms with E-state index in [0.717, 1.165) is 22.2 Å². The van der Waals surface area contributed by atoms with Crippen LogP contribution in [-0.2, 0) is 0 Å². The van der Waals surface area contributed by atoms with E-state index in [-0.39, 0.29) is 11.5 Å². The average Bonchev–Trinajstić information content (AvgIpc) is 3.49. The van der Waals surface area contributed by atoms with E-state index in [1.54, 1.807) is 29.7 Å². The Morgan fingerprint density at radius 3 is 2.46 bits per heavy atom. The Labute approximate surface area is 210 Å². The third-order valence-corrected chi connectivity index (χ3v) is 6.77. The highest BCUT2D eigenvalue weighted by atomic mass is 32.1. The highest BCUT2D eigenvalue weighted by Gasteiger charge is 2.20. The molecular weight excluding hydrogens is 458 g/mol. The first kappa shape index (κ1) is 26.4. The summed E-state index contributed by atoms with van der Waals surface area (Å²) >= 11 is 1.58.